The SMILES string of the molecule is COc1cc(-c2nc3cnc(OC[C@H](C)NC(=O)OC(C)(C)C)cc3o2)cc(F)c1OCc1ccccc1. The minimum Gasteiger partial charge on any atom is -0.493 e. The highest BCUT2D eigenvalue weighted by Crippen LogP contribution is 2.37. The largest absolute Gasteiger partial charge is 0.493 e. The number of pyridine rings is 1. The van der Waals surface area contributed by atoms with Crippen LogP contribution in [0.25, 0.3) is 22.6 Å². The molecule has 0 fully saturated rings. The van der Waals surface area contributed by atoms with Crippen LogP contribution in [0.5, 0.6) is 17.4 Å². The van der Waals surface area contributed by atoms with Gasteiger partial charge in [0.05, 0.1) is 19.3 Å². The lowest BCUT2D eigenvalue weighted by Gasteiger charge is -2.21. The third-order valence-electron chi connectivity index (χ3n) is 5.20. The zero-order valence-electron chi connectivity index (χ0n) is 21.9. The standard InChI is InChI=1S/C28H30FN3O6/c1-17(31-27(33)38-28(2,3)4)15-35-24-13-22-21(14-30-24)32-26(37-22)19-11-20(29)25(23(12-19)34-5)36-16-18-9-7-6-8-10-18/h6-14,17H,15-16H2,1-5H3,(H,31,33)/t17-/m0/s1. The smallest absolute Gasteiger partial charge is 0.407 e. The number of oxazole rings is 1. The predicted octanol–water partition coefficient (Wildman–Crippen LogP) is 5.91. The molecule has 9 nitrogen and oxygen atoms in total. The minimum absolute atomic E-state index is 0.00248. The first-order valence-electron chi connectivity index (χ1n) is 12.0. The number of methoxy groups -OCH3 is 1. The van der Waals surface area contributed by atoms with Crippen LogP contribution in [-0.2, 0) is 11.3 Å². The summed E-state index contributed by atoms with van der Waals surface area (Å²) in [4.78, 5) is 20.6. The molecule has 0 saturated carbocycles. The Morgan fingerprint density at radius 2 is 1.89 bits per heavy atom. The third kappa shape index (κ3) is 6.90. The van der Waals surface area contributed by atoms with Gasteiger partial charge >= 0.3 is 6.09 Å². The Hall–Kier alpha value is -4.34. The number of fused-ring (bicyclic) bond motifs is 1. The molecule has 0 unspecified atom stereocenters. The Balaban J connectivity index is 1.45. The molecular weight excluding hydrogens is 493 g/mol. The zero-order chi connectivity index (χ0) is 27.3. The average Bonchev–Trinajstić information content (AvgIpc) is 3.29. The minimum atomic E-state index is -0.605. The monoisotopic (exact) mass is 523 g/mol. The second-order valence-corrected chi connectivity index (χ2v) is 9.63. The molecule has 0 aliphatic rings. The Kier molecular flexibility index (Phi) is 7.99. The van der Waals surface area contributed by atoms with Crippen molar-refractivity contribution in [2.24, 2.45) is 0 Å². The van der Waals surface area contributed by atoms with E-state index in [4.69, 9.17) is 23.4 Å². The highest BCUT2D eigenvalue weighted by Gasteiger charge is 2.20. The van der Waals surface area contributed by atoms with Gasteiger partial charge in [-0.05, 0) is 45.4 Å². The molecule has 0 saturated heterocycles. The summed E-state index contributed by atoms with van der Waals surface area (Å²) in [6, 6.07) is 13.6. The van der Waals surface area contributed by atoms with E-state index in [1.807, 2.05) is 30.3 Å². The molecule has 2 heterocycles. The third-order valence-corrected chi connectivity index (χ3v) is 5.20. The molecule has 200 valence electrons. The van der Waals surface area contributed by atoms with Crippen molar-refractivity contribution in [2.45, 2.75) is 45.9 Å². The molecule has 2 aromatic heterocycles. The van der Waals surface area contributed by atoms with Gasteiger partial charge < -0.3 is 28.7 Å². The van der Waals surface area contributed by atoms with Gasteiger partial charge in [0.25, 0.3) is 0 Å². The first-order valence-corrected chi connectivity index (χ1v) is 12.0. The lowest BCUT2D eigenvalue weighted by atomic mass is 10.2. The molecule has 0 aliphatic heterocycles. The summed E-state index contributed by atoms with van der Waals surface area (Å²) in [6.45, 7) is 7.50. The highest BCUT2D eigenvalue weighted by molar-refractivity contribution is 5.76. The van der Waals surface area contributed by atoms with E-state index in [-0.39, 0.29) is 42.5 Å². The molecular formula is C28H30FN3O6. The number of hydrogen-bond donors (Lipinski definition) is 1. The number of ether oxygens (including phenoxy) is 4. The van der Waals surface area contributed by atoms with Gasteiger partial charge in [-0.1, -0.05) is 30.3 Å². The van der Waals surface area contributed by atoms with Crippen molar-refractivity contribution in [1.29, 1.82) is 0 Å². The molecule has 4 aromatic rings. The number of aromatic nitrogens is 2. The lowest BCUT2D eigenvalue weighted by Crippen LogP contribution is -2.40. The molecule has 1 N–H and O–H groups in total. The number of rotatable bonds is 9. The van der Waals surface area contributed by atoms with E-state index in [9.17, 15) is 4.79 Å². The number of amides is 1. The molecule has 1 amide bonds. The van der Waals surface area contributed by atoms with Crippen LogP contribution in [-0.4, -0.2) is 41.4 Å². The van der Waals surface area contributed by atoms with Crippen LogP contribution in [0.4, 0.5) is 9.18 Å². The fourth-order valence-electron chi connectivity index (χ4n) is 3.49. The normalized spacial score (nSPS) is 12.2. The van der Waals surface area contributed by atoms with E-state index in [1.165, 1.54) is 19.4 Å². The number of nitrogens with zero attached hydrogens (tertiary/aromatic N) is 2. The number of carbonyl (C=O) groups excluding carboxylic acids is 1. The maximum Gasteiger partial charge on any atom is 0.407 e. The van der Waals surface area contributed by atoms with E-state index in [0.29, 0.717) is 16.7 Å². The summed E-state index contributed by atoms with van der Waals surface area (Å²) in [5, 5.41) is 2.70. The highest BCUT2D eigenvalue weighted by atomic mass is 19.1. The van der Waals surface area contributed by atoms with E-state index < -0.39 is 17.5 Å². The maximum absolute atomic E-state index is 15.0. The first kappa shape index (κ1) is 26.7. The number of hydrogen-bond acceptors (Lipinski definition) is 8. The van der Waals surface area contributed by atoms with Crippen LogP contribution < -0.4 is 19.5 Å². The number of halogens is 1. The van der Waals surface area contributed by atoms with Gasteiger partial charge in [-0.15, -0.1) is 0 Å². The number of benzene rings is 2. The van der Waals surface area contributed by atoms with Gasteiger partial charge in [0.15, 0.2) is 22.9 Å². The van der Waals surface area contributed by atoms with E-state index in [0.717, 1.165) is 5.56 Å². The van der Waals surface area contributed by atoms with Crippen LogP contribution in [0.3, 0.4) is 0 Å². The quantitative estimate of drug-likeness (QED) is 0.289. The maximum atomic E-state index is 15.0. The van der Waals surface area contributed by atoms with Crippen molar-refractivity contribution in [3.8, 4) is 28.8 Å². The van der Waals surface area contributed by atoms with Gasteiger partial charge in [0.2, 0.25) is 11.8 Å². The summed E-state index contributed by atoms with van der Waals surface area (Å²) in [5.41, 5.74) is 1.55. The van der Waals surface area contributed by atoms with Crippen molar-refractivity contribution >= 4 is 17.2 Å². The van der Waals surface area contributed by atoms with Gasteiger partial charge in [0.1, 0.15) is 24.3 Å². The summed E-state index contributed by atoms with van der Waals surface area (Å²) in [5.74, 6) is 0.0813. The topological polar surface area (TPSA) is 105 Å². The average molecular weight is 524 g/mol. The van der Waals surface area contributed by atoms with E-state index in [1.54, 1.807) is 39.8 Å². The summed E-state index contributed by atoms with van der Waals surface area (Å²) in [7, 11) is 1.44. The van der Waals surface area contributed by atoms with Crippen LogP contribution >= 0.6 is 0 Å². The number of carbonyl (C=O) groups is 1. The molecule has 0 spiro atoms. The second-order valence-electron chi connectivity index (χ2n) is 9.63. The fraction of sp³-hybridized carbons (Fsp3) is 0.321. The van der Waals surface area contributed by atoms with Gasteiger partial charge in [-0.25, -0.2) is 19.2 Å². The predicted molar refractivity (Wildman–Crippen MR) is 139 cm³/mol. The summed E-state index contributed by atoms with van der Waals surface area (Å²) < 4.78 is 42.9. The summed E-state index contributed by atoms with van der Waals surface area (Å²) >= 11 is 0. The molecule has 4 rings (SSSR count). The Labute approximate surface area is 219 Å². The zero-order valence-corrected chi connectivity index (χ0v) is 21.9. The number of alkyl carbamates (subject to hydrolysis) is 1. The van der Waals surface area contributed by atoms with Crippen LogP contribution in [0.2, 0.25) is 0 Å². The van der Waals surface area contributed by atoms with Gasteiger partial charge in [0, 0.05) is 11.6 Å². The van der Waals surface area contributed by atoms with Crippen molar-refractivity contribution in [1.82, 2.24) is 15.3 Å². The van der Waals surface area contributed by atoms with E-state index >= 15 is 4.39 Å². The molecule has 0 aliphatic carbocycles. The van der Waals surface area contributed by atoms with Crippen molar-refractivity contribution in [2.75, 3.05) is 13.7 Å². The molecule has 1 atom stereocenters. The number of nitrogens with one attached hydrogen (secondary N) is 1. The van der Waals surface area contributed by atoms with E-state index in [2.05, 4.69) is 15.3 Å². The molecule has 2 aromatic carbocycles. The van der Waals surface area contributed by atoms with Crippen molar-refractivity contribution < 1.29 is 32.5 Å². The van der Waals surface area contributed by atoms with Crippen LogP contribution in [0.15, 0.2) is 59.1 Å². The second kappa shape index (κ2) is 11.4. The van der Waals surface area contributed by atoms with Crippen molar-refractivity contribution in [3.63, 3.8) is 0 Å². The van der Waals surface area contributed by atoms with Gasteiger partial charge in [-0.2, -0.15) is 0 Å². The lowest BCUT2D eigenvalue weighted by molar-refractivity contribution is 0.0493. The van der Waals surface area contributed by atoms with Gasteiger partial charge in [-0.3, -0.25) is 0 Å². The fourth-order valence-corrected chi connectivity index (χ4v) is 3.49. The molecule has 38 heavy (non-hydrogen) atoms. The van der Waals surface area contributed by atoms with Crippen molar-refractivity contribution in [3.05, 3.63) is 66.1 Å². The molecule has 0 bridgehead atoms. The van der Waals surface area contributed by atoms with Crippen LogP contribution in [0.1, 0.15) is 33.3 Å². The Morgan fingerprint density at radius 1 is 1.13 bits per heavy atom. The summed E-state index contributed by atoms with van der Waals surface area (Å²) in [6.07, 6.45) is 0.963. The Bertz CT molecular complexity index is 1400. The molecule has 10 heteroatoms. The first-order chi connectivity index (χ1) is 18.1. The molecule has 0 radical (unpaired) electrons. The van der Waals surface area contributed by atoms with Crippen LogP contribution in [0, 0.1) is 5.82 Å². The Morgan fingerprint density at radius 3 is 2.61 bits per heavy atom.